The fraction of sp³-hybridized carbons (Fsp3) is 0.667. The van der Waals surface area contributed by atoms with Gasteiger partial charge in [0.1, 0.15) is 0 Å². The van der Waals surface area contributed by atoms with Crippen LogP contribution < -0.4 is 0 Å². The number of hydrogen-bond donors (Lipinski definition) is 0. The number of carbonyl (C=O) groups excluding carboxylic acids is 1. The van der Waals surface area contributed by atoms with Crippen LogP contribution in [0.4, 0.5) is 0 Å². The molecule has 0 saturated heterocycles. The first-order valence-corrected chi connectivity index (χ1v) is 18.0. The van der Waals surface area contributed by atoms with Gasteiger partial charge in [0.05, 0.1) is 0 Å². The van der Waals surface area contributed by atoms with Crippen molar-refractivity contribution in [2.45, 2.75) is 83.6 Å². The van der Waals surface area contributed by atoms with Crippen LogP contribution in [0.25, 0.3) is 0 Å². The maximum atomic E-state index is 11.9. The summed E-state index contributed by atoms with van der Waals surface area (Å²) in [5.74, 6) is -0.148. The van der Waals surface area contributed by atoms with Crippen molar-refractivity contribution in [1.82, 2.24) is 0 Å². The predicted molar refractivity (Wildman–Crippen MR) is 111 cm³/mol. The zero-order chi connectivity index (χ0) is 18.7. The van der Waals surface area contributed by atoms with E-state index in [9.17, 15) is 4.79 Å². The standard InChI is InChI=1S/C9H8ClO2.3C4H9.Sn/c1-7(11)12-6-8-2-4-9(10)5-3-8;3*1-3-4-2;/h2-6H,1H3;3*1,3-4H2,2H3;. The van der Waals surface area contributed by atoms with Gasteiger partial charge in [-0.1, -0.05) is 0 Å². The molecule has 2 nitrogen and oxygen atoms in total. The first-order valence-electron chi connectivity index (χ1n) is 9.91. The number of carbonyl (C=O) groups is 1. The van der Waals surface area contributed by atoms with Gasteiger partial charge >= 0.3 is 164 Å². The van der Waals surface area contributed by atoms with Crippen LogP contribution in [0.15, 0.2) is 24.3 Å². The molecule has 4 heteroatoms. The van der Waals surface area contributed by atoms with Crippen molar-refractivity contribution < 1.29 is 9.53 Å². The molecule has 0 fully saturated rings. The van der Waals surface area contributed by atoms with Gasteiger partial charge in [-0.15, -0.1) is 0 Å². The van der Waals surface area contributed by atoms with Gasteiger partial charge in [-0.25, -0.2) is 0 Å². The number of ether oxygens (including phenoxy) is 1. The minimum absolute atomic E-state index is 0.0220. The average molecular weight is 474 g/mol. The van der Waals surface area contributed by atoms with Crippen LogP contribution >= 0.6 is 11.6 Å². The molecule has 25 heavy (non-hydrogen) atoms. The number of unbranched alkanes of at least 4 members (excludes halogenated alkanes) is 3. The molecule has 0 radical (unpaired) electrons. The Labute approximate surface area is 163 Å². The summed E-state index contributed by atoms with van der Waals surface area (Å²) in [6.45, 7) is 8.34. The first-order chi connectivity index (χ1) is 12.0. The Morgan fingerprint density at radius 1 is 0.960 bits per heavy atom. The molecule has 0 aliphatic rings. The molecule has 1 atom stereocenters. The normalized spacial score (nSPS) is 12.8. The molecule has 142 valence electrons. The second-order valence-corrected chi connectivity index (χ2v) is 21.2. The number of hydrogen-bond acceptors (Lipinski definition) is 2. The van der Waals surface area contributed by atoms with Gasteiger partial charge < -0.3 is 0 Å². The minimum atomic E-state index is -2.72. The summed E-state index contributed by atoms with van der Waals surface area (Å²) in [5, 5.41) is 0.738. The molecule has 0 aromatic heterocycles. The van der Waals surface area contributed by atoms with Crippen molar-refractivity contribution in [3.63, 3.8) is 0 Å². The zero-order valence-corrected chi connectivity index (χ0v) is 20.1. The number of esters is 1. The van der Waals surface area contributed by atoms with Crippen LogP contribution in [-0.4, -0.2) is 24.3 Å². The topological polar surface area (TPSA) is 26.3 Å². The molecule has 0 amide bonds. The summed E-state index contributed by atoms with van der Waals surface area (Å²) in [4.78, 5) is 11.9. The Kier molecular flexibility index (Phi) is 11.2. The Hall–Kier alpha value is -0.221. The first kappa shape index (κ1) is 22.8. The van der Waals surface area contributed by atoms with E-state index in [0.717, 1.165) is 5.02 Å². The second kappa shape index (κ2) is 12.2. The van der Waals surface area contributed by atoms with E-state index >= 15 is 0 Å². The number of halogens is 1. The molecule has 0 saturated carbocycles. The van der Waals surface area contributed by atoms with E-state index in [1.165, 1.54) is 57.4 Å². The molecule has 0 N–H and O–H groups in total. The van der Waals surface area contributed by atoms with E-state index in [0.29, 0.717) is 0 Å². The summed E-state index contributed by atoms with van der Waals surface area (Å²) >= 11 is 3.37. The van der Waals surface area contributed by atoms with Gasteiger partial charge in [0.25, 0.3) is 0 Å². The number of rotatable bonds is 12. The van der Waals surface area contributed by atoms with Gasteiger partial charge in [-0.2, -0.15) is 0 Å². The van der Waals surface area contributed by atoms with Crippen molar-refractivity contribution in [2.75, 3.05) is 0 Å². The Balaban J connectivity index is 3.30. The van der Waals surface area contributed by atoms with E-state index in [4.69, 9.17) is 16.3 Å². The molecule has 0 spiro atoms. The van der Waals surface area contributed by atoms with Crippen molar-refractivity contribution in [2.24, 2.45) is 0 Å². The van der Waals surface area contributed by atoms with Gasteiger partial charge in [0, 0.05) is 0 Å². The molecule has 0 aliphatic heterocycles. The number of benzene rings is 1. The van der Waals surface area contributed by atoms with Gasteiger partial charge in [0.2, 0.25) is 0 Å². The Morgan fingerprint density at radius 2 is 1.40 bits per heavy atom. The molecule has 1 aromatic rings. The van der Waals surface area contributed by atoms with Crippen LogP contribution in [0, 0.1) is 0 Å². The van der Waals surface area contributed by atoms with Crippen LogP contribution in [-0.2, 0) is 9.53 Å². The van der Waals surface area contributed by atoms with E-state index < -0.39 is 18.4 Å². The van der Waals surface area contributed by atoms with E-state index in [1.54, 1.807) is 6.92 Å². The van der Waals surface area contributed by atoms with Crippen molar-refractivity contribution >= 4 is 35.9 Å². The zero-order valence-electron chi connectivity index (χ0n) is 16.4. The van der Waals surface area contributed by atoms with Gasteiger partial charge in [0.15, 0.2) is 0 Å². The van der Waals surface area contributed by atoms with Crippen molar-refractivity contribution in [3.05, 3.63) is 34.9 Å². The molecular formula is C21H35ClO2Sn. The third-order valence-corrected chi connectivity index (χ3v) is 21.4. The van der Waals surface area contributed by atoms with Crippen LogP contribution in [0.5, 0.6) is 0 Å². The molecule has 0 heterocycles. The third-order valence-electron chi connectivity index (χ3n) is 5.10. The summed E-state index contributed by atoms with van der Waals surface area (Å²) < 4.78 is 10.0. The molecule has 1 rings (SSSR count). The van der Waals surface area contributed by atoms with Crippen molar-refractivity contribution in [1.29, 1.82) is 0 Å². The van der Waals surface area contributed by atoms with Crippen LogP contribution in [0.1, 0.15) is 75.9 Å². The van der Waals surface area contributed by atoms with Crippen molar-refractivity contribution in [3.8, 4) is 0 Å². The summed E-state index contributed by atoms with van der Waals surface area (Å²) in [7, 11) is 0. The van der Waals surface area contributed by atoms with E-state index in [2.05, 4.69) is 32.9 Å². The molecule has 0 aliphatic carbocycles. The average Bonchev–Trinajstić information content (AvgIpc) is 2.60. The van der Waals surface area contributed by atoms with E-state index in [-0.39, 0.29) is 10.1 Å². The monoisotopic (exact) mass is 474 g/mol. The SMILES string of the molecule is CCC[CH2][Sn]([CH2]CCC)([CH2]CCC)[CH](OC(C)=O)c1ccc(Cl)cc1. The molecule has 1 aromatic carbocycles. The van der Waals surface area contributed by atoms with Gasteiger partial charge in [-0.05, 0) is 0 Å². The van der Waals surface area contributed by atoms with Gasteiger partial charge in [-0.3, -0.25) is 0 Å². The van der Waals surface area contributed by atoms with Crippen LogP contribution in [0.2, 0.25) is 18.3 Å². The Bertz CT molecular complexity index is 479. The summed E-state index contributed by atoms with van der Waals surface area (Å²) in [5.41, 5.74) is 1.17. The summed E-state index contributed by atoms with van der Waals surface area (Å²) in [6, 6.07) is 8.02. The third kappa shape index (κ3) is 7.50. The fourth-order valence-corrected chi connectivity index (χ4v) is 21.0. The van der Waals surface area contributed by atoms with E-state index in [1.807, 2.05) is 12.1 Å². The second-order valence-electron chi connectivity index (χ2n) is 7.21. The quantitative estimate of drug-likeness (QED) is 0.235. The molecule has 0 bridgehead atoms. The van der Waals surface area contributed by atoms with Crippen LogP contribution in [0.3, 0.4) is 0 Å². The predicted octanol–water partition coefficient (Wildman–Crippen LogP) is 7.33. The summed E-state index contributed by atoms with van der Waals surface area (Å²) in [6.07, 6.45) is 7.41. The maximum absolute atomic E-state index is 11.9. The molecule has 1 unspecified atom stereocenters. The Morgan fingerprint density at radius 3 is 1.76 bits per heavy atom. The molecular weight excluding hydrogens is 438 g/mol. The fourth-order valence-electron chi connectivity index (χ4n) is 3.70.